The SMILES string of the molecule is CCOC(=O)C1CCN(C(=O)C(=O)Nc2cc(C)on2)CC1. The summed E-state index contributed by atoms with van der Waals surface area (Å²) in [4.78, 5) is 37.0. The van der Waals surface area contributed by atoms with Crippen molar-refractivity contribution >= 4 is 23.6 Å². The Morgan fingerprint density at radius 3 is 2.64 bits per heavy atom. The number of nitrogens with one attached hydrogen (secondary N) is 1. The van der Waals surface area contributed by atoms with Gasteiger partial charge in [0.05, 0.1) is 12.5 Å². The van der Waals surface area contributed by atoms with Gasteiger partial charge in [-0.05, 0) is 26.7 Å². The molecule has 0 bridgehead atoms. The van der Waals surface area contributed by atoms with E-state index in [-0.39, 0.29) is 17.7 Å². The van der Waals surface area contributed by atoms with E-state index in [2.05, 4.69) is 10.5 Å². The van der Waals surface area contributed by atoms with E-state index in [1.165, 1.54) is 11.0 Å². The summed E-state index contributed by atoms with van der Waals surface area (Å²) in [7, 11) is 0. The second-order valence-corrected chi connectivity index (χ2v) is 5.10. The van der Waals surface area contributed by atoms with Crippen molar-refractivity contribution in [1.82, 2.24) is 10.1 Å². The molecule has 1 aromatic heterocycles. The number of ether oxygens (including phenoxy) is 1. The molecule has 120 valence electrons. The molecule has 0 spiro atoms. The summed E-state index contributed by atoms with van der Waals surface area (Å²) in [5, 5.41) is 5.99. The van der Waals surface area contributed by atoms with Crippen LogP contribution in [0.2, 0.25) is 0 Å². The van der Waals surface area contributed by atoms with Crippen molar-refractivity contribution < 1.29 is 23.6 Å². The summed E-state index contributed by atoms with van der Waals surface area (Å²) in [6.45, 7) is 4.50. The lowest BCUT2D eigenvalue weighted by Gasteiger charge is -2.30. The Bertz CT molecular complexity index is 561. The maximum Gasteiger partial charge on any atom is 0.315 e. The van der Waals surface area contributed by atoms with Gasteiger partial charge in [-0.1, -0.05) is 5.16 Å². The van der Waals surface area contributed by atoms with Crippen LogP contribution >= 0.6 is 0 Å². The van der Waals surface area contributed by atoms with E-state index >= 15 is 0 Å². The fourth-order valence-electron chi connectivity index (χ4n) is 2.32. The molecule has 2 amide bonds. The second kappa shape index (κ2) is 7.06. The van der Waals surface area contributed by atoms with Crippen LogP contribution in [0.3, 0.4) is 0 Å². The van der Waals surface area contributed by atoms with Crippen LogP contribution in [0.25, 0.3) is 0 Å². The molecule has 8 heteroatoms. The highest BCUT2D eigenvalue weighted by Crippen LogP contribution is 2.19. The largest absolute Gasteiger partial charge is 0.466 e. The van der Waals surface area contributed by atoms with Gasteiger partial charge in [0.1, 0.15) is 5.76 Å². The highest BCUT2D eigenvalue weighted by atomic mass is 16.5. The smallest absolute Gasteiger partial charge is 0.315 e. The Morgan fingerprint density at radius 1 is 1.41 bits per heavy atom. The Morgan fingerprint density at radius 2 is 2.09 bits per heavy atom. The predicted octanol–water partition coefficient (Wildman–Crippen LogP) is 0.723. The van der Waals surface area contributed by atoms with Gasteiger partial charge in [0.25, 0.3) is 0 Å². The first-order valence-corrected chi connectivity index (χ1v) is 7.21. The average molecular weight is 309 g/mol. The molecule has 1 aromatic rings. The summed E-state index contributed by atoms with van der Waals surface area (Å²) in [5.41, 5.74) is 0. The van der Waals surface area contributed by atoms with Crippen LogP contribution in [0.5, 0.6) is 0 Å². The molecule has 0 saturated carbocycles. The van der Waals surface area contributed by atoms with Crippen LogP contribution in [-0.4, -0.2) is 47.5 Å². The Hall–Kier alpha value is -2.38. The first-order chi connectivity index (χ1) is 10.5. The number of esters is 1. The first kappa shape index (κ1) is 16.0. The minimum atomic E-state index is -0.761. The van der Waals surface area contributed by atoms with Crippen molar-refractivity contribution in [3.8, 4) is 0 Å². The zero-order valence-electron chi connectivity index (χ0n) is 12.6. The van der Waals surface area contributed by atoms with Crippen LogP contribution in [0.4, 0.5) is 5.82 Å². The summed E-state index contributed by atoms with van der Waals surface area (Å²) >= 11 is 0. The average Bonchev–Trinajstić information content (AvgIpc) is 2.92. The van der Waals surface area contributed by atoms with E-state index < -0.39 is 11.8 Å². The van der Waals surface area contributed by atoms with E-state index in [0.717, 1.165) is 0 Å². The number of carbonyl (C=O) groups is 3. The number of rotatable bonds is 3. The summed E-state index contributed by atoms with van der Waals surface area (Å²) in [6.07, 6.45) is 1.00. The number of likely N-dealkylation sites (tertiary alicyclic amines) is 1. The molecule has 1 aliphatic heterocycles. The van der Waals surface area contributed by atoms with Crippen LogP contribution in [-0.2, 0) is 19.1 Å². The molecular weight excluding hydrogens is 290 g/mol. The third kappa shape index (κ3) is 3.84. The molecule has 0 aromatic carbocycles. The lowest BCUT2D eigenvalue weighted by atomic mass is 9.97. The number of hydrogen-bond donors (Lipinski definition) is 1. The maximum atomic E-state index is 12.1. The zero-order chi connectivity index (χ0) is 16.1. The van der Waals surface area contributed by atoms with Gasteiger partial charge in [0.15, 0.2) is 5.82 Å². The highest BCUT2D eigenvalue weighted by Gasteiger charge is 2.31. The third-order valence-electron chi connectivity index (χ3n) is 3.47. The number of aryl methyl sites for hydroxylation is 1. The van der Waals surface area contributed by atoms with Crippen molar-refractivity contribution in [2.24, 2.45) is 5.92 Å². The van der Waals surface area contributed by atoms with Crippen LogP contribution < -0.4 is 5.32 Å². The van der Waals surface area contributed by atoms with Gasteiger partial charge < -0.3 is 14.2 Å². The highest BCUT2D eigenvalue weighted by molar-refractivity contribution is 6.39. The molecule has 0 unspecified atom stereocenters. The van der Waals surface area contributed by atoms with Crippen molar-refractivity contribution in [3.05, 3.63) is 11.8 Å². The van der Waals surface area contributed by atoms with Crippen molar-refractivity contribution in [1.29, 1.82) is 0 Å². The van der Waals surface area contributed by atoms with Crippen molar-refractivity contribution in [3.63, 3.8) is 0 Å². The first-order valence-electron chi connectivity index (χ1n) is 7.21. The quantitative estimate of drug-likeness (QED) is 0.652. The van der Waals surface area contributed by atoms with Crippen LogP contribution in [0.1, 0.15) is 25.5 Å². The molecule has 1 aliphatic rings. The van der Waals surface area contributed by atoms with Crippen molar-refractivity contribution in [2.45, 2.75) is 26.7 Å². The van der Waals surface area contributed by atoms with E-state index in [1.807, 2.05) is 0 Å². The Balaban J connectivity index is 1.84. The number of aromatic nitrogens is 1. The number of carbonyl (C=O) groups excluding carboxylic acids is 3. The number of nitrogens with zero attached hydrogens (tertiary/aromatic N) is 2. The molecule has 2 heterocycles. The molecule has 8 nitrogen and oxygen atoms in total. The number of anilines is 1. The molecule has 0 atom stereocenters. The monoisotopic (exact) mass is 309 g/mol. The lowest BCUT2D eigenvalue weighted by Crippen LogP contribution is -2.45. The molecule has 1 saturated heterocycles. The number of amides is 2. The van der Waals surface area contributed by atoms with Gasteiger partial charge in [0.2, 0.25) is 0 Å². The Labute approximate surface area is 127 Å². The normalized spacial score (nSPS) is 15.5. The van der Waals surface area contributed by atoms with Gasteiger partial charge in [0, 0.05) is 19.2 Å². The zero-order valence-corrected chi connectivity index (χ0v) is 12.6. The Kier molecular flexibility index (Phi) is 5.13. The predicted molar refractivity (Wildman–Crippen MR) is 75.8 cm³/mol. The summed E-state index contributed by atoms with van der Waals surface area (Å²) < 4.78 is 9.78. The minimum absolute atomic E-state index is 0.203. The maximum absolute atomic E-state index is 12.1. The standard InChI is InChI=1S/C14H19N3O5/c1-3-21-14(20)10-4-6-17(7-5-10)13(19)12(18)15-11-8-9(2)22-16-11/h8,10H,3-7H2,1-2H3,(H,15,16,18). The molecule has 2 rings (SSSR count). The molecule has 0 radical (unpaired) electrons. The van der Waals surface area contributed by atoms with Gasteiger partial charge in [-0.2, -0.15) is 0 Å². The van der Waals surface area contributed by atoms with E-state index in [1.54, 1.807) is 13.8 Å². The van der Waals surface area contributed by atoms with Gasteiger partial charge >= 0.3 is 17.8 Å². The molecular formula is C14H19N3O5. The topological polar surface area (TPSA) is 102 Å². The lowest BCUT2D eigenvalue weighted by molar-refractivity contribution is -0.152. The van der Waals surface area contributed by atoms with E-state index in [9.17, 15) is 14.4 Å². The number of hydrogen-bond acceptors (Lipinski definition) is 6. The fraction of sp³-hybridized carbons (Fsp3) is 0.571. The van der Waals surface area contributed by atoms with Crippen LogP contribution in [0.15, 0.2) is 10.6 Å². The van der Waals surface area contributed by atoms with Gasteiger partial charge in [-0.15, -0.1) is 0 Å². The minimum Gasteiger partial charge on any atom is -0.466 e. The van der Waals surface area contributed by atoms with E-state index in [0.29, 0.717) is 38.3 Å². The molecule has 0 aliphatic carbocycles. The molecule has 22 heavy (non-hydrogen) atoms. The molecule has 1 fully saturated rings. The van der Waals surface area contributed by atoms with E-state index in [4.69, 9.17) is 9.26 Å². The summed E-state index contributed by atoms with van der Waals surface area (Å²) in [5.74, 6) is -1.09. The van der Waals surface area contributed by atoms with Crippen molar-refractivity contribution in [2.75, 3.05) is 25.0 Å². The third-order valence-corrected chi connectivity index (χ3v) is 3.47. The van der Waals surface area contributed by atoms with Gasteiger partial charge in [-0.25, -0.2) is 0 Å². The number of piperidine rings is 1. The summed E-state index contributed by atoms with van der Waals surface area (Å²) in [6, 6.07) is 1.53. The van der Waals surface area contributed by atoms with Gasteiger partial charge in [-0.3, -0.25) is 19.7 Å². The fourth-order valence-corrected chi connectivity index (χ4v) is 2.32. The molecule has 1 N–H and O–H groups in total. The van der Waals surface area contributed by atoms with Crippen LogP contribution in [0, 0.1) is 12.8 Å². The second-order valence-electron chi connectivity index (χ2n) is 5.10.